The van der Waals surface area contributed by atoms with Crippen molar-refractivity contribution in [2.24, 2.45) is 0 Å². The van der Waals surface area contributed by atoms with Crippen molar-refractivity contribution < 1.29 is 4.79 Å². The van der Waals surface area contributed by atoms with Gasteiger partial charge in [0.2, 0.25) is 5.91 Å². The highest BCUT2D eigenvalue weighted by Gasteiger charge is 2.33. The SMILES string of the molecule is CSC1CCCC1NC(=O)C1CNc2ccccc21. The fourth-order valence-corrected chi connectivity index (χ4v) is 4.11. The molecule has 3 rings (SSSR count). The van der Waals surface area contributed by atoms with Gasteiger partial charge in [0.1, 0.15) is 0 Å². The first kappa shape index (κ1) is 12.9. The van der Waals surface area contributed by atoms with E-state index in [1.54, 1.807) is 0 Å². The summed E-state index contributed by atoms with van der Waals surface area (Å²) in [5, 5.41) is 7.17. The monoisotopic (exact) mass is 276 g/mol. The Morgan fingerprint density at radius 1 is 1.37 bits per heavy atom. The molecule has 1 amide bonds. The quantitative estimate of drug-likeness (QED) is 0.891. The van der Waals surface area contributed by atoms with Crippen molar-refractivity contribution in [2.75, 3.05) is 18.1 Å². The van der Waals surface area contributed by atoms with E-state index in [1.807, 2.05) is 30.0 Å². The van der Waals surface area contributed by atoms with Crippen LogP contribution in [0.3, 0.4) is 0 Å². The molecular formula is C15H20N2OS. The molecule has 2 aliphatic rings. The second kappa shape index (κ2) is 5.45. The van der Waals surface area contributed by atoms with E-state index in [9.17, 15) is 4.79 Å². The van der Waals surface area contributed by atoms with Gasteiger partial charge in [-0.3, -0.25) is 4.79 Å². The molecule has 19 heavy (non-hydrogen) atoms. The maximum absolute atomic E-state index is 12.5. The molecule has 1 aliphatic heterocycles. The van der Waals surface area contributed by atoms with E-state index >= 15 is 0 Å². The molecule has 3 atom stereocenters. The zero-order chi connectivity index (χ0) is 13.2. The summed E-state index contributed by atoms with van der Waals surface area (Å²) in [7, 11) is 0. The summed E-state index contributed by atoms with van der Waals surface area (Å²) < 4.78 is 0. The molecule has 3 unspecified atom stereocenters. The number of nitrogens with one attached hydrogen (secondary N) is 2. The smallest absolute Gasteiger partial charge is 0.229 e. The normalized spacial score (nSPS) is 28.8. The van der Waals surface area contributed by atoms with Crippen molar-refractivity contribution in [3.05, 3.63) is 29.8 Å². The van der Waals surface area contributed by atoms with E-state index in [1.165, 1.54) is 12.8 Å². The fourth-order valence-electron chi connectivity index (χ4n) is 3.17. The number of para-hydroxylation sites is 1. The first-order chi connectivity index (χ1) is 9.29. The molecule has 1 aliphatic carbocycles. The molecule has 4 heteroatoms. The Balaban J connectivity index is 1.69. The van der Waals surface area contributed by atoms with Crippen molar-refractivity contribution >= 4 is 23.4 Å². The van der Waals surface area contributed by atoms with Crippen LogP contribution in [0.4, 0.5) is 5.69 Å². The second-order valence-corrected chi connectivity index (χ2v) is 6.42. The number of hydrogen-bond acceptors (Lipinski definition) is 3. The van der Waals surface area contributed by atoms with Gasteiger partial charge in [-0.25, -0.2) is 0 Å². The van der Waals surface area contributed by atoms with Gasteiger partial charge in [-0.2, -0.15) is 11.8 Å². The highest BCUT2D eigenvalue weighted by Crippen LogP contribution is 2.33. The zero-order valence-corrected chi connectivity index (χ0v) is 12.0. The largest absolute Gasteiger partial charge is 0.384 e. The van der Waals surface area contributed by atoms with Crippen molar-refractivity contribution in [2.45, 2.75) is 36.5 Å². The Morgan fingerprint density at radius 2 is 2.21 bits per heavy atom. The van der Waals surface area contributed by atoms with Crippen molar-refractivity contribution in [3.8, 4) is 0 Å². The predicted molar refractivity (Wildman–Crippen MR) is 80.8 cm³/mol. The second-order valence-electron chi connectivity index (χ2n) is 5.34. The molecular weight excluding hydrogens is 256 g/mol. The molecule has 102 valence electrons. The molecule has 1 saturated carbocycles. The summed E-state index contributed by atoms with van der Waals surface area (Å²) >= 11 is 1.88. The first-order valence-electron chi connectivity index (χ1n) is 6.95. The Labute approximate surface area is 118 Å². The fraction of sp³-hybridized carbons (Fsp3) is 0.533. The van der Waals surface area contributed by atoms with Crippen LogP contribution in [0.1, 0.15) is 30.7 Å². The van der Waals surface area contributed by atoms with Crippen LogP contribution in [0, 0.1) is 0 Å². The van der Waals surface area contributed by atoms with Crippen molar-refractivity contribution in [1.29, 1.82) is 0 Å². The molecule has 0 bridgehead atoms. The van der Waals surface area contributed by atoms with Gasteiger partial charge in [0.15, 0.2) is 0 Å². The lowest BCUT2D eigenvalue weighted by molar-refractivity contribution is -0.122. The van der Waals surface area contributed by atoms with E-state index in [0.29, 0.717) is 11.3 Å². The minimum atomic E-state index is -0.0284. The van der Waals surface area contributed by atoms with Crippen LogP contribution in [0.5, 0.6) is 0 Å². The molecule has 2 N–H and O–H groups in total. The lowest BCUT2D eigenvalue weighted by atomic mass is 10.00. The number of thioether (sulfide) groups is 1. The molecule has 0 saturated heterocycles. The number of carbonyl (C=O) groups is 1. The van der Waals surface area contributed by atoms with E-state index in [4.69, 9.17) is 0 Å². The molecule has 0 radical (unpaired) electrons. The average Bonchev–Trinajstić information content (AvgIpc) is 3.04. The molecule has 0 spiro atoms. The van der Waals surface area contributed by atoms with Gasteiger partial charge < -0.3 is 10.6 Å². The Bertz CT molecular complexity index is 477. The maximum atomic E-state index is 12.5. The third-order valence-corrected chi connectivity index (χ3v) is 5.40. The summed E-state index contributed by atoms with van der Waals surface area (Å²) in [5.41, 5.74) is 2.24. The Kier molecular flexibility index (Phi) is 3.69. The maximum Gasteiger partial charge on any atom is 0.229 e. The van der Waals surface area contributed by atoms with E-state index in [2.05, 4.69) is 23.0 Å². The lowest BCUT2D eigenvalue weighted by Crippen LogP contribution is -2.41. The van der Waals surface area contributed by atoms with Gasteiger partial charge >= 0.3 is 0 Å². The van der Waals surface area contributed by atoms with E-state index < -0.39 is 0 Å². The van der Waals surface area contributed by atoms with Crippen molar-refractivity contribution in [1.82, 2.24) is 5.32 Å². The zero-order valence-electron chi connectivity index (χ0n) is 11.2. The number of rotatable bonds is 3. The molecule has 1 fully saturated rings. The molecule has 1 heterocycles. The van der Waals surface area contributed by atoms with Crippen LogP contribution in [0.2, 0.25) is 0 Å². The van der Waals surface area contributed by atoms with Crippen LogP contribution in [0.25, 0.3) is 0 Å². The van der Waals surface area contributed by atoms with Gasteiger partial charge in [0.05, 0.1) is 5.92 Å². The Morgan fingerprint density at radius 3 is 3.05 bits per heavy atom. The third-order valence-electron chi connectivity index (χ3n) is 4.23. The molecule has 1 aromatic rings. The lowest BCUT2D eigenvalue weighted by Gasteiger charge is -2.21. The van der Waals surface area contributed by atoms with Gasteiger partial charge in [0.25, 0.3) is 0 Å². The average molecular weight is 276 g/mol. The summed E-state index contributed by atoms with van der Waals surface area (Å²) in [6.07, 6.45) is 5.72. The van der Waals surface area contributed by atoms with Crippen LogP contribution >= 0.6 is 11.8 Å². The number of amides is 1. The highest BCUT2D eigenvalue weighted by molar-refractivity contribution is 7.99. The first-order valence-corrected chi connectivity index (χ1v) is 8.24. The number of anilines is 1. The number of hydrogen-bond donors (Lipinski definition) is 2. The van der Waals surface area contributed by atoms with Crippen LogP contribution in [-0.2, 0) is 4.79 Å². The summed E-state index contributed by atoms with van der Waals surface area (Å²) in [5.74, 6) is 0.155. The Hall–Kier alpha value is -1.16. The van der Waals surface area contributed by atoms with Gasteiger partial charge in [0, 0.05) is 23.5 Å². The summed E-state index contributed by atoms with van der Waals surface area (Å²) in [6, 6.07) is 8.47. The van der Waals surface area contributed by atoms with E-state index in [-0.39, 0.29) is 11.8 Å². The highest BCUT2D eigenvalue weighted by atomic mass is 32.2. The van der Waals surface area contributed by atoms with Crippen LogP contribution in [-0.4, -0.2) is 30.0 Å². The topological polar surface area (TPSA) is 41.1 Å². The van der Waals surface area contributed by atoms with Crippen LogP contribution in [0.15, 0.2) is 24.3 Å². The number of benzene rings is 1. The molecule has 1 aromatic carbocycles. The van der Waals surface area contributed by atoms with Gasteiger partial charge in [-0.05, 0) is 30.7 Å². The molecule has 3 nitrogen and oxygen atoms in total. The standard InChI is InChI=1S/C15H20N2OS/c1-19-14-8-4-7-13(14)17-15(18)11-9-16-12-6-3-2-5-10(11)12/h2-3,5-6,11,13-14,16H,4,7-9H2,1H3,(H,17,18). The van der Waals surface area contributed by atoms with Crippen molar-refractivity contribution in [3.63, 3.8) is 0 Å². The van der Waals surface area contributed by atoms with Crippen LogP contribution < -0.4 is 10.6 Å². The van der Waals surface area contributed by atoms with Gasteiger partial charge in [-0.15, -0.1) is 0 Å². The third kappa shape index (κ3) is 2.46. The number of carbonyl (C=O) groups excluding carboxylic acids is 1. The predicted octanol–water partition coefficient (Wildman–Crippen LogP) is 2.60. The minimum Gasteiger partial charge on any atom is -0.384 e. The van der Waals surface area contributed by atoms with Gasteiger partial charge in [-0.1, -0.05) is 24.6 Å². The number of fused-ring (bicyclic) bond motifs is 1. The molecule has 0 aromatic heterocycles. The summed E-state index contributed by atoms with van der Waals surface area (Å²) in [6.45, 7) is 0.724. The minimum absolute atomic E-state index is 0.0284. The summed E-state index contributed by atoms with van der Waals surface area (Å²) in [4.78, 5) is 12.5. The van der Waals surface area contributed by atoms with E-state index in [0.717, 1.165) is 24.2 Å².